The molecule has 2 N–H and O–H groups in total. The molecule has 0 heterocycles. The molecular weight excluding hydrogens is 414 g/mol. The van der Waals surface area contributed by atoms with E-state index in [1.165, 1.54) is 12.1 Å². The third-order valence-corrected chi connectivity index (χ3v) is 4.80. The average molecular weight is 438 g/mol. The van der Waals surface area contributed by atoms with Gasteiger partial charge in [0, 0.05) is 18.5 Å². The number of benzene rings is 3. The minimum absolute atomic E-state index is 0.0827. The molecule has 0 aliphatic carbocycles. The molecule has 0 saturated heterocycles. The first kappa shape index (κ1) is 22.9. The van der Waals surface area contributed by atoms with Gasteiger partial charge < -0.3 is 15.4 Å². The fourth-order valence-electron chi connectivity index (χ4n) is 3.18. The molecule has 32 heavy (non-hydrogen) atoms. The molecule has 7 heteroatoms. The van der Waals surface area contributed by atoms with Crippen molar-refractivity contribution in [3.05, 3.63) is 102 Å². The van der Waals surface area contributed by atoms with E-state index in [9.17, 15) is 18.4 Å². The molecule has 0 bridgehead atoms. The largest absolute Gasteiger partial charge is 0.435 e. The second-order valence-corrected chi connectivity index (χ2v) is 7.15. The monoisotopic (exact) mass is 438 g/mol. The lowest BCUT2D eigenvalue weighted by Gasteiger charge is -2.19. The van der Waals surface area contributed by atoms with Gasteiger partial charge in [0.25, 0.3) is 5.91 Å². The Morgan fingerprint density at radius 2 is 1.44 bits per heavy atom. The van der Waals surface area contributed by atoms with Gasteiger partial charge in [-0.05, 0) is 41.8 Å². The number of nitrogens with one attached hydrogen (secondary N) is 2. The van der Waals surface area contributed by atoms with E-state index in [4.69, 9.17) is 0 Å². The van der Waals surface area contributed by atoms with Crippen LogP contribution in [0.4, 0.5) is 8.78 Å². The summed E-state index contributed by atoms with van der Waals surface area (Å²) in [4.78, 5) is 25.4. The first-order chi connectivity index (χ1) is 15.5. The molecule has 1 unspecified atom stereocenters. The lowest BCUT2D eigenvalue weighted by Crippen LogP contribution is -2.48. The Morgan fingerprint density at radius 3 is 2.06 bits per heavy atom. The highest BCUT2D eigenvalue weighted by molar-refractivity contribution is 5.97. The van der Waals surface area contributed by atoms with Crippen molar-refractivity contribution >= 4 is 11.8 Å². The lowest BCUT2D eigenvalue weighted by molar-refractivity contribution is -0.122. The van der Waals surface area contributed by atoms with Crippen LogP contribution in [0.1, 0.15) is 21.5 Å². The summed E-state index contributed by atoms with van der Waals surface area (Å²) in [6.07, 6.45) is 0.857. The van der Waals surface area contributed by atoms with Gasteiger partial charge in [0.2, 0.25) is 5.91 Å². The van der Waals surface area contributed by atoms with Crippen molar-refractivity contribution < 1.29 is 23.1 Å². The van der Waals surface area contributed by atoms with Crippen molar-refractivity contribution in [1.82, 2.24) is 10.6 Å². The molecule has 5 nitrogen and oxygen atoms in total. The molecule has 0 spiro atoms. The van der Waals surface area contributed by atoms with Crippen LogP contribution in [0.25, 0.3) is 0 Å². The van der Waals surface area contributed by atoms with Crippen LogP contribution in [0.2, 0.25) is 0 Å². The van der Waals surface area contributed by atoms with Crippen LogP contribution in [-0.2, 0) is 17.6 Å². The Kier molecular flexibility index (Phi) is 8.31. The molecule has 0 saturated carbocycles. The molecule has 0 aliphatic rings. The Bertz CT molecular complexity index is 997. The number of alkyl halides is 2. The quantitative estimate of drug-likeness (QED) is 0.503. The van der Waals surface area contributed by atoms with E-state index < -0.39 is 12.7 Å². The number of halogens is 2. The molecule has 0 radical (unpaired) electrons. The number of carbonyl (C=O) groups is 2. The van der Waals surface area contributed by atoms with Crippen LogP contribution in [0.5, 0.6) is 5.75 Å². The number of carbonyl (C=O) groups excluding carboxylic acids is 2. The van der Waals surface area contributed by atoms with Gasteiger partial charge in [-0.25, -0.2) is 0 Å². The molecule has 1 atom stereocenters. The molecule has 166 valence electrons. The summed E-state index contributed by atoms with van der Waals surface area (Å²) in [5.74, 6) is -0.536. The van der Waals surface area contributed by atoms with E-state index in [2.05, 4.69) is 15.4 Å². The van der Waals surface area contributed by atoms with E-state index >= 15 is 0 Å². The minimum atomic E-state index is -2.87. The average Bonchev–Trinajstić information content (AvgIpc) is 2.80. The molecule has 3 aromatic carbocycles. The van der Waals surface area contributed by atoms with Crippen molar-refractivity contribution in [3.63, 3.8) is 0 Å². The Morgan fingerprint density at radius 1 is 0.812 bits per heavy atom. The minimum Gasteiger partial charge on any atom is -0.435 e. The smallest absolute Gasteiger partial charge is 0.387 e. The fourth-order valence-corrected chi connectivity index (χ4v) is 3.18. The van der Waals surface area contributed by atoms with Crippen LogP contribution in [0.3, 0.4) is 0 Å². The lowest BCUT2D eigenvalue weighted by atomic mass is 10.0. The Labute approximate surface area is 185 Å². The molecule has 2 amide bonds. The van der Waals surface area contributed by atoms with E-state index in [1.807, 2.05) is 36.4 Å². The van der Waals surface area contributed by atoms with Gasteiger partial charge in [-0.1, -0.05) is 60.7 Å². The Hall–Kier alpha value is -3.74. The van der Waals surface area contributed by atoms with Gasteiger partial charge in [0.1, 0.15) is 11.8 Å². The highest BCUT2D eigenvalue weighted by atomic mass is 19.3. The summed E-state index contributed by atoms with van der Waals surface area (Å²) in [5, 5.41) is 5.67. The highest BCUT2D eigenvalue weighted by Gasteiger charge is 2.21. The maximum atomic E-state index is 12.9. The predicted octanol–water partition coefficient (Wildman–Crippen LogP) is 3.99. The van der Waals surface area contributed by atoms with Crippen molar-refractivity contribution in [2.75, 3.05) is 6.54 Å². The molecule has 0 aromatic heterocycles. The third kappa shape index (κ3) is 7.19. The topological polar surface area (TPSA) is 67.4 Å². The zero-order chi connectivity index (χ0) is 22.8. The molecule has 0 aliphatic heterocycles. The summed E-state index contributed by atoms with van der Waals surface area (Å²) >= 11 is 0. The number of hydrogen-bond acceptors (Lipinski definition) is 3. The second-order valence-electron chi connectivity index (χ2n) is 7.15. The van der Waals surface area contributed by atoms with Crippen LogP contribution in [-0.4, -0.2) is 31.0 Å². The van der Waals surface area contributed by atoms with Crippen molar-refractivity contribution in [2.45, 2.75) is 25.5 Å². The molecule has 0 fully saturated rings. The summed E-state index contributed by atoms with van der Waals surface area (Å²) < 4.78 is 28.8. The summed E-state index contributed by atoms with van der Waals surface area (Å²) in [5.41, 5.74) is 2.26. The highest BCUT2D eigenvalue weighted by Crippen LogP contribution is 2.15. The maximum Gasteiger partial charge on any atom is 0.387 e. The number of ether oxygens (including phenoxy) is 1. The van der Waals surface area contributed by atoms with Crippen LogP contribution >= 0.6 is 0 Å². The van der Waals surface area contributed by atoms with Crippen LogP contribution < -0.4 is 15.4 Å². The third-order valence-electron chi connectivity index (χ3n) is 4.80. The van der Waals surface area contributed by atoms with Crippen LogP contribution in [0, 0.1) is 0 Å². The van der Waals surface area contributed by atoms with Gasteiger partial charge in [0.05, 0.1) is 0 Å². The maximum absolute atomic E-state index is 12.9. The zero-order valence-corrected chi connectivity index (χ0v) is 17.3. The summed E-state index contributed by atoms with van der Waals surface area (Å²) in [6.45, 7) is -2.53. The fraction of sp³-hybridized carbons (Fsp3) is 0.200. The van der Waals surface area contributed by atoms with Gasteiger partial charge in [-0.2, -0.15) is 8.78 Å². The van der Waals surface area contributed by atoms with Gasteiger partial charge >= 0.3 is 6.61 Å². The number of amides is 2. The Balaban J connectivity index is 1.59. The van der Waals surface area contributed by atoms with Gasteiger partial charge in [-0.3, -0.25) is 9.59 Å². The van der Waals surface area contributed by atoms with E-state index in [1.54, 1.807) is 36.4 Å². The predicted molar refractivity (Wildman–Crippen MR) is 118 cm³/mol. The second kappa shape index (κ2) is 11.6. The standard InChI is InChI=1S/C25H24F2N2O3/c26-25(27)32-21-13-11-18(12-14-21)15-16-28-24(31)22(17-19-7-3-1-4-8-19)29-23(30)20-9-5-2-6-10-20/h1-14,22,25H,15-17H2,(H,28,31)(H,29,30). The van der Waals surface area contributed by atoms with E-state index in [0.717, 1.165) is 11.1 Å². The number of rotatable bonds is 10. The normalized spacial score (nSPS) is 11.6. The van der Waals surface area contributed by atoms with Crippen molar-refractivity contribution in [1.29, 1.82) is 0 Å². The number of hydrogen-bond donors (Lipinski definition) is 2. The van der Waals surface area contributed by atoms with Gasteiger partial charge in [0.15, 0.2) is 0 Å². The van der Waals surface area contributed by atoms with Gasteiger partial charge in [-0.15, -0.1) is 0 Å². The van der Waals surface area contributed by atoms with Crippen LogP contribution in [0.15, 0.2) is 84.9 Å². The molecular formula is C25H24F2N2O3. The first-order valence-corrected chi connectivity index (χ1v) is 10.2. The van der Waals surface area contributed by atoms with E-state index in [-0.39, 0.29) is 17.6 Å². The summed E-state index contributed by atoms with van der Waals surface area (Å²) in [6, 6.07) is 23.7. The molecule has 3 aromatic rings. The SMILES string of the molecule is O=C(NC(Cc1ccccc1)C(=O)NCCc1ccc(OC(F)F)cc1)c1ccccc1. The molecule has 3 rings (SSSR count). The van der Waals surface area contributed by atoms with Crippen molar-refractivity contribution in [3.8, 4) is 5.75 Å². The summed E-state index contributed by atoms with van der Waals surface area (Å²) in [7, 11) is 0. The first-order valence-electron chi connectivity index (χ1n) is 10.2. The van der Waals surface area contributed by atoms with Crippen molar-refractivity contribution in [2.24, 2.45) is 0 Å². The zero-order valence-electron chi connectivity index (χ0n) is 17.3. The van der Waals surface area contributed by atoms with E-state index in [0.29, 0.717) is 24.9 Å².